The molecule has 2 aromatic rings. The van der Waals surface area contributed by atoms with Gasteiger partial charge in [0.1, 0.15) is 24.3 Å². The van der Waals surface area contributed by atoms with Crippen molar-refractivity contribution in [3.05, 3.63) is 35.7 Å². The normalized spacial score (nSPS) is 25.2. The van der Waals surface area contributed by atoms with E-state index >= 15 is 0 Å². The Morgan fingerprint density at radius 3 is 2.44 bits per heavy atom. The average molecular weight is 338 g/mol. The SMILES string of the molecule is Cc1cncnc1N1CC2CN(c3ncnc4c3COCC4)CC2C1. The van der Waals surface area contributed by atoms with Crippen LogP contribution in [0.2, 0.25) is 0 Å². The zero-order valence-electron chi connectivity index (χ0n) is 14.4. The van der Waals surface area contributed by atoms with Crippen molar-refractivity contribution in [3.63, 3.8) is 0 Å². The minimum Gasteiger partial charge on any atom is -0.376 e. The van der Waals surface area contributed by atoms with Crippen molar-refractivity contribution < 1.29 is 4.74 Å². The zero-order valence-corrected chi connectivity index (χ0v) is 14.4. The lowest BCUT2D eigenvalue weighted by Crippen LogP contribution is -2.31. The molecule has 0 amide bonds. The molecule has 2 fully saturated rings. The Labute approximate surface area is 147 Å². The number of nitrogens with zero attached hydrogens (tertiary/aromatic N) is 6. The summed E-state index contributed by atoms with van der Waals surface area (Å²) in [4.78, 5) is 22.5. The van der Waals surface area contributed by atoms with Crippen molar-refractivity contribution >= 4 is 11.6 Å². The van der Waals surface area contributed by atoms with Gasteiger partial charge in [-0.2, -0.15) is 0 Å². The zero-order chi connectivity index (χ0) is 16.8. The highest BCUT2D eigenvalue weighted by Gasteiger charge is 2.42. The lowest BCUT2D eigenvalue weighted by Gasteiger charge is -2.26. The van der Waals surface area contributed by atoms with Gasteiger partial charge in [-0.05, 0) is 6.92 Å². The van der Waals surface area contributed by atoms with Crippen LogP contribution in [0.5, 0.6) is 0 Å². The summed E-state index contributed by atoms with van der Waals surface area (Å²) in [5.41, 5.74) is 3.50. The summed E-state index contributed by atoms with van der Waals surface area (Å²) in [6, 6.07) is 0. The molecule has 0 bridgehead atoms. The highest BCUT2D eigenvalue weighted by atomic mass is 16.5. The van der Waals surface area contributed by atoms with Gasteiger partial charge in [-0.1, -0.05) is 0 Å². The fourth-order valence-electron chi connectivity index (χ4n) is 4.48. The molecule has 0 aliphatic carbocycles. The van der Waals surface area contributed by atoms with Crippen LogP contribution in [0.15, 0.2) is 18.9 Å². The van der Waals surface area contributed by atoms with E-state index in [2.05, 4.69) is 36.7 Å². The molecule has 2 aromatic heterocycles. The summed E-state index contributed by atoms with van der Waals surface area (Å²) >= 11 is 0. The van der Waals surface area contributed by atoms with E-state index in [4.69, 9.17) is 4.74 Å². The van der Waals surface area contributed by atoms with Crippen molar-refractivity contribution in [1.82, 2.24) is 19.9 Å². The first-order valence-electron chi connectivity index (χ1n) is 8.96. The molecule has 0 radical (unpaired) electrons. The first kappa shape index (κ1) is 15.0. The van der Waals surface area contributed by atoms with Crippen LogP contribution < -0.4 is 9.80 Å². The molecule has 7 heteroatoms. The van der Waals surface area contributed by atoms with E-state index in [1.807, 2.05) is 6.20 Å². The fraction of sp³-hybridized carbons (Fsp3) is 0.556. The standard InChI is InChI=1S/C18H22N6O/c1-12-4-19-10-21-17(12)23-5-13-7-24(8-14(13)6-23)18-15-9-25-3-2-16(15)20-11-22-18/h4,10-11,13-14H,2-3,5-9H2,1H3. The Kier molecular flexibility index (Phi) is 3.55. The first-order chi connectivity index (χ1) is 12.3. The molecule has 5 rings (SSSR count). The van der Waals surface area contributed by atoms with Gasteiger partial charge in [0.2, 0.25) is 0 Å². The number of ether oxygens (including phenoxy) is 1. The highest BCUT2D eigenvalue weighted by Crippen LogP contribution is 2.37. The molecule has 3 aliphatic rings. The average Bonchev–Trinajstić information content (AvgIpc) is 3.20. The highest BCUT2D eigenvalue weighted by molar-refractivity contribution is 5.52. The van der Waals surface area contributed by atoms with Crippen LogP contribution in [-0.4, -0.2) is 52.7 Å². The molecule has 25 heavy (non-hydrogen) atoms. The van der Waals surface area contributed by atoms with E-state index in [-0.39, 0.29) is 0 Å². The van der Waals surface area contributed by atoms with Crippen LogP contribution >= 0.6 is 0 Å². The Morgan fingerprint density at radius 2 is 1.68 bits per heavy atom. The second kappa shape index (κ2) is 5.91. The molecular weight excluding hydrogens is 316 g/mol. The number of hydrogen-bond acceptors (Lipinski definition) is 7. The topological polar surface area (TPSA) is 67.3 Å². The first-order valence-corrected chi connectivity index (χ1v) is 8.96. The second-order valence-corrected chi connectivity index (χ2v) is 7.28. The van der Waals surface area contributed by atoms with Crippen molar-refractivity contribution in [3.8, 4) is 0 Å². The number of fused-ring (bicyclic) bond motifs is 2. The summed E-state index contributed by atoms with van der Waals surface area (Å²) in [6.45, 7) is 7.71. The van der Waals surface area contributed by atoms with Crippen LogP contribution in [0.4, 0.5) is 11.6 Å². The van der Waals surface area contributed by atoms with Gasteiger partial charge in [0.05, 0.1) is 18.9 Å². The third kappa shape index (κ3) is 2.54. The number of aryl methyl sites for hydroxylation is 1. The van der Waals surface area contributed by atoms with Gasteiger partial charge in [0.25, 0.3) is 0 Å². The summed E-state index contributed by atoms with van der Waals surface area (Å²) in [6.07, 6.45) is 6.16. The molecule has 0 spiro atoms. The lowest BCUT2D eigenvalue weighted by atomic mass is 10.0. The van der Waals surface area contributed by atoms with Crippen LogP contribution in [0, 0.1) is 18.8 Å². The lowest BCUT2D eigenvalue weighted by molar-refractivity contribution is 0.109. The maximum absolute atomic E-state index is 5.65. The molecular formula is C18H22N6O. The molecule has 0 saturated carbocycles. The number of rotatable bonds is 2. The second-order valence-electron chi connectivity index (χ2n) is 7.28. The van der Waals surface area contributed by atoms with Crippen LogP contribution in [-0.2, 0) is 17.8 Å². The molecule has 130 valence electrons. The molecule has 2 atom stereocenters. The van der Waals surface area contributed by atoms with Crippen molar-refractivity contribution in [2.24, 2.45) is 11.8 Å². The molecule has 7 nitrogen and oxygen atoms in total. The van der Waals surface area contributed by atoms with Crippen LogP contribution in [0.25, 0.3) is 0 Å². The maximum Gasteiger partial charge on any atom is 0.137 e. The monoisotopic (exact) mass is 338 g/mol. The number of anilines is 2. The molecule has 0 N–H and O–H groups in total. The van der Waals surface area contributed by atoms with Crippen molar-refractivity contribution in [1.29, 1.82) is 0 Å². The minimum atomic E-state index is 0.642. The van der Waals surface area contributed by atoms with Gasteiger partial charge < -0.3 is 14.5 Å². The van der Waals surface area contributed by atoms with Gasteiger partial charge in [0.15, 0.2) is 0 Å². The largest absolute Gasteiger partial charge is 0.376 e. The summed E-state index contributed by atoms with van der Waals surface area (Å²) < 4.78 is 5.65. The van der Waals surface area contributed by atoms with E-state index in [9.17, 15) is 0 Å². The van der Waals surface area contributed by atoms with E-state index in [0.717, 1.165) is 62.1 Å². The third-order valence-corrected chi connectivity index (χ3v) is 5.69. The van der Waals surface area contributed by atoms with Gasteiger partial charge in [-0.25, -0.2) is 19.9 Å². The summed E-state index contributed by atoms with van der Waals surface area (Å²) in [5, 5.41) is 0. The minimum absolute atomic E-state index is 0.642. The van der Waals surface area contributed by atoms with Gasteiger partial charge >= 0.3 is 0 Å². The Hall–Kier alpha value is -2.28. The van der Waals surface area contributed by atoms with Crippen LogP contribution in [0.3, 0.4) is 0 Å². The smallest absolute Gasteiger partial charge is 0.137 e. The Bertz CT molecular complexity index is 783. The van der Waals surface area contributed by atoms with E-state index < -0.39 is 0 Å². The van der Waals surface area contributed by atoms with Gasteiger partial charge in [0, 0.05) is 61.8 Å². The number of aromatic nitrogens is 4. The molecule has 3 aliphatic heterocycles. The third-order valence-electron chi connectivity index (χ3n) is 5.69. The Balaban J connectivity index is 1.34. The van der Waals surface area contributed by atoms with Crippen LogP contribution in [0.1, 0.15) is 16.8 Å². The molecule has 2 unspecified atom stereocenters. The summed E-state index contributed by atoms with van der Waals surface area (Å²) in [5.74, 6) is 3.49. The van der Waals surface area contributed by atoms with E-state index in [1.54, 1.807) is 12.7 Å². The quantitative estimate of drug-likeness (QED) is 0.815. The molecule has 2 saturated heterocycles. The Morgan fingerprint density at radius 1 is 0.960 bits per heavy atom. The van der Waals surface area contributed by atoms with Gasteiger partial charge in [-0.15, -0.1) is 0 Å². The van der Waals surface area contributed by atoms with Crippen molar-refractivity contribution in [2.75, 3.05) is 42.6 Å². The predicted molar refractivity (Wildman–Crippen MR) is 93.6 cm³/mol. The number of hydrogen-bond donors (Lipinski definition) is 0. The predicted octanol–water partition coefficient (Wildman–Crippen LogP) is 1.22. The van der Waals surface area contributed by atoms with Crippen molar-refractivity contribution in [2.45, 2.75) is 20.0 Å². The summed E-state index contributed by atoms with van der Waals surface area (Å²) in [7, 11) is 0. The fourth-order valence-corrected chi connectivity index (χ4v) is 4.48. The van der Waals surface area contributed by atoms with E-state index in [0.29, 0.717) is 18.4 Å². The van der Waals surface area contributed by atoms with Gasteiger partial charge in [-0.3, -0.25) is 0 Å². The molecule has 5 heterocycles. The maximum atomic E-state index is 5.65. The van der Waals surface area contributed by atoms with E-state index in [1.165, 1.54) is 5.56 Å². The molecule has 0 aromatic carbocycles.